The predicted octanol–water partition coefficient (Wildman–Crippen LogP) is 3.96. The summed E-state index contributed by atoms with van der Waals surface area (Å²) in [6.45, 7) is 3.83. The van der Waals surface area contributed by atoms with Gasteiger partial charge in [0.15, 0.2) is 5.13 Å². The van der Waals surface area contributed by atoms with Gasteiger partial charge in [0.1, 0.15) is 5.41 Å². The number of nitrogens with one attached hydrogen (secondary N) is 1. The molecule has 0 amide bonds. The maximum absolute atomic E-state index is 12.6. The summed E-state index contributed by atoms with van der Waals surface area (Å²) in [5.41, 5.74) is 0.409. The number of thiazole rings is 1. The third kappa shape index (κ3) is 4.57. The Hall–Kier alpha value is -2.41. The van der Waals surface area contributed by atoms with Crippen molar-refractivity contribution in [2.45, 2.75) is 38.5 Å². The van der Waals surface area contributed by atoms with Crippen molar-refractivity contribution in [1.82, 2.24) is 4.98 Å². The summed E-state index contributed by atoms with van der Waals surface area (Å²) >= 11 is 1.38. The molecule has 6 nitrogen and oxygen atoms in total. The van der Waals surface area contributed by atoms with Crippen molar-refractivity contribution in [3.63, 3.8) is 0 Å². The number of carbonyl (C=O) groups is 2. The van der Waals surface area contributed by atoms with Crippen LogP contribution >= 0.6 is 11.3 Å². The van der Waals surface area contributed by atoms with Gasteiger partial charge in [-0.15, -0.1) is 11.3 Å². The van der Waals surface area contributed by atoms with Gasteiger partial charge in [-0.1, -0.05) is 25.1 Å². The molecule has 0 aliphatic carbocycles. The summed E-state index contributed by atoms with van der Waals surface area (Å²) in [4.78, 5) is 28.2. The Morgan fingerprint density at radius 1 is 1.28 bits per heavy atom. The number of ether oxygens (including phenoxy) is 1. The second-order valence-corrected chi connectivity index (χ2v) is 6.44. The van der Waals surface area contributed by atoms with E-state index in [1.54, 1.807) is 12.3 Å². The lowest BCUT2D eigenvalue weighted by atomic mass is 9.78. The number of hydrogen-bond donors (Lipinski definition) is 2. The number of carboxylic acid groups (broad SMARTS) is 1. The molecule has 0 spiro atoms. The number of benzene rings is 1. The first-order chi connectivity index (χ1) is 12.0. The lowest BCUT2D eigenvalue weighted by Crippen LogP contribution is -2.38. The molecule has 2 N–H and O–H groups in total. The van der Waals surface area contributed by atoms with Gasteiger partial charge in [0.25, 0.3) is 0 Å². The standard InChI is InChI=1S/C18H22N2O4S/c1-3-18(11-10-15(21)22,16(23)24-4-2)14-12-25-17(20-14)19-13-8-6-5-7-9-13/h5-9,12H,3-4,10-11H2,1-2H3,(H,19,20)(H,21,22). The van der Waals surface area contributed by atoms with Crippen molar-refractivity contribution < 1.29 is 19.4 Å². The van der Waals surface area contributed by atoms with Gasteiger partial charge >= 0.3 is 11.9 Å². The van der Waals surface area contributed by atoms with Crippen molar-refractivity contribution in [2.75, 3.05) is 11.9 Å². The van der Waals surface area contributed by atoms with Crippen LogP contribution in [-0.2, 0) is 19.7 Å². The number of esters is 1. The molecule has 0 aliphatic rings. The fourth-order valence-corrected chi connectivity index (χ4v) is 3.45. The lowest BCUT2D eigenvalue weighted by molar-refractivity contribution is -0.151. The highest BCUT2D eigenvalue weighted by molar-refractivity contribution is 7.13. The van der Waals surface area contributed by atoms with Gasteiger partial charge in [-0.05, 0) is 31.9 Å². The van der Waals surface area contributed by atoms with Crippen LogP contribution in [0.25, 0.3) is 0 Å². The number of anilines is 2. The zero-order valence-electron chi connectivity index (χ0n) is 14.3. The van der Waals surface area contributed by atoms with Crippen molar-refractivity contribution in [3.05, 3.63) is 41.4 Å². The molecule has 7 heteroatoms. The number of carbonyl (C=O) groups excluding carboxylic acids is 1. The Bertz CT molecular complexity index is 717. The van der Waals surface area contributed by atoms with Gasteiger partial charge in [0.05, 0.1) is 12.3 Å². The number of aromatic nitrogens is 1. The molecule has 0 saturated heterocycles. The van der Waals surface area contributed by atoms with E-state index in [4.69, 9.17) is 9.84 Å². The normalized spacial score (nSPS) is 13.0. The highest BCUT2D eigenvalue weighted by Gasteiger charge is 2.42. The Labute approximate surface area is 150 Å². The molecule has 0 saturated carbocycles. The number of aliphatic carboxylic acids is 1. The van der Waals surface area contributed by atoms with E-state index in [0.717, 1.165) is 5.69 Å². The van der Waals surface area contributed by atoms with Gasteiger partial charge in [-0.25, -0.2) is 4.98 Å². The Balaban J connectivity index is 2.30. The van der Waals surface area contributed by atoms with Crippen molar-refractivity contribution in [1.29, 1.82) is 0 Å². The van der Waals surface area contributed by atoms with E-state index < -0.39 is 17.4 Å². The van der Waals surface area contributed by atoms with Crippen molar-refractivity contribution in [2.24, 2.45) is 0 Å². The van der Waals surface area contributed by atoms with Crippen molar-refractivity contribution in [3.8, 4) is 0 Å². The molecule has 0 fully saturated rings. The van der Waals surface area contributed by atoms with E-state index in [9.17, 15) is 9.59 Å². The quantitative estimate of drug-likeness (QED) is 0.656. The molecular weight excluding hydrogens is 340 g/mol. The molecule has 1 atom stereocenters. The Morgan fingerprint density at radius 3 is 2.60 bits per heavy atom. The third-order valence-electron chi connectivity index (χ3n) is 4.05. The van der Waals surface area contributed by atoms with Crippen LogP contribution in [0.1, 0.15) is 38.8 Å². The summed E-state index contributed by atoms with van der Waals surface area (Å²) in [6.07, 6.45) is 0.464. The van der Waals surface area contributed by atoms with Crippen LogP contribution in [0.5, 0.6) is 0 Å². The molecule has 2 aromatic rings. The third-order valence-corrected chi connectivity index (χ3v) is 4.81. The highest BCUT2D eigenvalue weighted by atomic mass is 32.1. The van der Waals surface area contributed by atoms with Crippen LogP contribution in [0.4, 0.5) is 10.8 Å². The number of nitrogens with zero attached hydrogens (tertiary/aromatic N) is 1. The maximum atomic E-state index is 12.6. The fourth-order valence-electron chi connectivity index (χ4n) is 2.62. The molecule has 1 aromatic carbocycles. The minimum atomic E-state index is -1.04. The number of rotatable bonds is 9. The van der Waals surface area contributed by atoms with Crippen LogP contribution in [0.15, 0.2) is 35.7 Å². The van der Waals surface area contributed by atoms with Crippen LogP contribution in [0.3, 0.4) is 0 Å². The summed E-state index contributed by atoms with van der Waals surface area (Å²) in [6, 6.07) is 9.60. The molecule has 25 heavy (non-hydrogen) atoms. The zero-order valence-corrected chi connectivity index (χ0v) is 15.1. The molecule has 0 bridgehead atoms. The Kier molecular flexibility index (Phi) is 6.52. The maximum Gasteiger partial charge on any atom is 0.318 e. The fraction of sp³-hybridized carbons (Fsp3) is 0.389. The molecule has 1 heterocycles. The highest BCUT2D eigenvalue weighted by Crippen LogP contribution is 2.37. The van der Waals surface area contributed by atoms with E-state index in [1.165, 1.54) is 11.3 Å². The van der Waals surface area contributed by atoms with Crippen LogP contribution in [0, 0.1) is 0 Å². The van der Waals surface area contributed by atoms with Gasteiger partial charge in [0.2, 0.25) is 0 Å². The summed E-state index contributed by atoms with van der Waals surface area (Å²) in [7, 11) is 0. The SMILES string of the molecule is CCOC(=O)C(CC)(CCC(=O)O)c1csc(Nc2ccccc2)n1. The minimum absolute atomic E-state index is 0.119. The van der Waals surface area contributed by atoms with E-state index >= 15 is 0 Å². The van der Waals surface area contributed by atoms with E-state index in [1.807, 2.05) is 37.3 Å². The summed E-state index contributed by atoms with van der Waals surface area (Å²) < 4.78 is 5.22. The molecule has 134 valence electrons. The van der Waals surface area contributed by atoms with Gasteiger partial charge in [-0.2, -0.15) is 0 Å². The van der Waals surface area contributed by atoms with Gasteiger partial charge in [0, 0.05) is 17.5 Å². The Morgan fingerprint density at radius 2 is 2.00 bits per heavy atom. The molecule has 0 radical (unpaired) electrons. The predicted molar refractivity (Wildman–Crippen MR) is 97.3 cm³/mol. The molecular formula is C18H22N2O4S. The van der Waals surface area contributed by atoms with Crippen LogP contribution < -0.4 is 5.32 Å². The smallest absolute Gasteiger partial charge is 0.318 e. The molecule has 2 rings (SSSR count). The number of para-hydroxylation sites is 1. The average molecular weight is 362 g/mol. The van der Waals surface area contributed by atoms with Crippen molar-refractivity contribution >= 4 is 34.1 Å². The first-order valence-corrected chi connectivity index (χ1v) is 9.07. The topological polar surface area (TPSA) is 88.5 Å². The van der Waals surface area contributed by atoms with E-state index in [0.29, 0.717) is 17.2 Å². The molecule has 0 aliphatic heterocycles. The molecule has 1 aromatic heterocycles. The monoisotopic (exact) mass is 362 g/mol. The number of hydrogen-bond acceptors (Lipinski definition) is 6. The van der Waals surface area contributed by atoms with Crippen LogP contribution in [0.2, 0.25) is 0 Å². The second kappa shape index (κ2) is 8.62. The zero-order chi connectivity index (χ0) is 18.3. The first kappa shape index (κ1) is 18.9. The summed E-state index contributed by atoms with van der Waals surface area (Å²) in [5, 5.41) is 14.7. The van der Waals surface area contributed by atoms with E-state index in [-0.39, 0.29) is 19.4 Å². The van der Waals surface area contributed by atoms with E-state index in [2.05, 4.69) is 10.3 Å². The molecule has 1 unspecified atom stereocenters. The summed E-state index contributed by atoms with van der Waals surface area (Å²) in [5.74, 6) is -1.37. The largest absolute Gasteiger partial charge is 0.481 e. The van der Waals surface area contributed by atoms with Gasteiger partial charge < -0.3 is 15.2 Å². The number of carboxylic acids is 1. The van der Waals surface area contributed by atoms with Crippen LogP contribution in [-0.4, -0.2) is 28.6 Å². The van der Waals surface area contributed by atoms with Gasteiger partial charge in [-0.3, -0.25) is 9.59 Å². The average Bonchev–Trinajstić information content (AvgIpc) is 3.06. The minimum Gasteiger partial charge on any atom is -0.481 e. The second-order valence-electron chi connectivity index (χ2n) is 5.58. The first-order valence-electron chi connectivity index (χ1n) is 8.19. The lowest BCUT2D eigenvalue weighted by Gasteiger charge is -2.28.